The van der Waals surface area contributed by atoms with Crippen LogP contribution in [-0.4, -0.2) is 62.5 Å². The predicted octanol–water partition coefficient (Wildman–Crippen LogP) is 0.651. The first-order valence-corrected chi connectivity index (χ1v) is 6.43. The fraction of sp³-hybridized carbons (Fsp3) is 0.429. The van der Waals surface area contributed by atoms with Crippen LogP contribution in [0, 0.1) is 0 Å². The summed E-state index contributed by atoms with van der Waals surface area (Å²) in [4.78, 5) is 27.9. The maximum atomic E-state index is 12.5. The Labute approximate surface area is 118 Å². The topological polar surface area (TPSA) is 61.9 Å². The Morgan fingerprint density at radius 2 is 2.10 bits per heavy atom. The first-order valence-electron chi connectivity index (χ1n) is 6.43. The van der Waals surface area contributed by atoms with Gasteiger partial charge in [0.1, 0.15) is 12.3 Å². The van der Waals surface area contributed by atoms with Crippen molar-refractivity contribution in [3.8, 4) is 5.75 Å². The van der Waals surface area contributed by atoms with Crippen LogP contribution in [0.15, 0.2) is 18.2 Å². The van der Waals surface area contributed by atoms with Gasteiger partial charge in [0, 0.05) is 13.1 Å². The fourth-order valence-electron chi connectivity index (χ4n) is 2.04. The summed E-state index contributed by atoms with van der Waals surface area (Å²) in [5.74, 6) is 0.265. The molecule has 1 heterocycles. The third-order valence-corrected chi connectivity index (χ3v) is 3.17. The molecule has 1 aromatic carbocycles. The number of hydrogen-bond donors (Lipinski definition) is 1. The van der Waals surface area contributed by atoms with Crippen molar-refractivity contribution in [2.45, 2.75) is 0 Å². The van der Waals surface area contributed by atoms with E-state index in [2.05, 4.69) is 5.32 Å². The lowest BCUT2D eigenvalue weighted by molar-refractivity contribution is -0.116. The minimum atomic E-state index is -0.180. The fourth-order valence-corrected chi connectivity index (χ4v) is 2.04. The first kappa shape index (κ1) is 14.3. The molecular weight excluding hydrogens is 258 g/mol. The van der Waals surface area contributed by atoms with E-state index in [4.69, 9.17) is 4.74 Å². The van der Waals surface area contributed by atoms with E-state index in [9.17, 15) is 9.59 Å². The molecule has 1 aromatic rings. The summed E-state index contributed by atoms with van der Waals surface area (Å²) in [5.41, 5.74) is 1.00. The van der Waals surface area contributed by atoms with Gasteiger partial charge in [-0.05, 0) is 32.3 Å². The van der Waals surface area contributed by atoms with Gasteiger partial charge in [0.05, 0.1) is 18.4 Å². The number of ether oxygens (including phenoxy) is 1. The van der Waals surface area contributed by atoms with Crippen LogP contribution in [0.2, 0.25) is 0 Å². The van der Waals surface area contributed by atoms with Gasteiger partial charge in [-0.2, -0.15) is 0 Å². The number of nitrogens with one attached hydrogen (secondary N) is 1. The molecule has 0 atom stereocenters. The predicted molar refractivity (Wildman–Crippen MR) is 76.1 cm³/mol. The van der Waals surface area contributed by atoms with Crippen molar-refractivity contribution in [1.29, 1.82) is 0 Å². The van der Waals surface area contributed by atoms with Crippen molar-refractivity contribution in [2.24, 2.45) is 0 Å². The maximum absolute atomic E-state index is 12.5. The molecule has 0 bridgehead atoms. The van der Waals surface area contributed by atoms with Gasteiger partial charge in [0.2, 0.25) is 5.91 Å². The highest BCUT2D eigenvalue weighted by molar-refractivity contribution is 6.08. The van der Waals surface area contributed by atoms with E-state index < -0.39 is 0 Å². The summed E-state index contributed by atoms with van der Waals surface area (Å²) in [6, 6.07) is 5.08. The molecule has 0 radical (unpaired) electrons. The third-order valence-electron chi connectivity index (χ3n) is 3.17. The van der Waals surface area contributed by atoms with Gasteiger partial charge in [0.25, 0.3) is 5.91 Å². The van der Waals surface area contributed by atoms with Gasteiger partial charge in [-0.1, -0.05) is 0 Å². The Bertz CT molecular complexity index is 528. The van der Waals surface area contributed by atoms with Crippen molar-refractivity contribution in [1.82, 2.24) is 9.80 Å². The second-order valence-corrected chi connectivity index (χ2v) is 4.99. The second-order valence-electron chi connectivity index (χ2n) is 4.99. The molecule has 0 aliphatic carbocycles. The van der Waals surface area contributed by atoms with E-state index in [1.807, 2.05) is 19.0 Å². The maximum Gasteiger partial charge on any atom is 0.256 e. The van der Waals surface area contributed by atoms with Gasteiger partial charge < -0.3 is 19.9 Å². The highest BCUT2D eigenvalue weighted by atomic mass is 16.5. The van der Waals surface area contributed by atoms with E-state index >= 15 is 0 Å². The van der Waals surface area contributed by atoms with E-state index in [-0.39, 0.29) is 18.4 Å². The lowest BCUT2D eigenvalue weighted by Crippen LogP contribution is -2.39. The van der Waals surface area contributed by atoms with Gasteiger partial charge in [-0.25, -0.2) is 0 Å². The van der Waals surface area contributed by atoms with Crippen LogP contribution in [0.5, 0.6) is 5.75 Å². The Kier molecular flexibility index (Phi) is 4.24. The Morgan fingerprint density at radius 3 is 2.75 bits per heavy atom. The second kappa shape index (κ2) is 5.92. The summed E-state index contributed by atoms with van der Waals surface area (Å²) < 4.78 is 5.14. The van der Waals surface area contributed by atoms with Crippen LogP contribution in [0.1, 0.15) is 10.4 Å². The van der Waals surface area contributed by atoms with Crippen LogP contribution in [-0.2, 0) is 4.79 Å². The van der Waals surface area contributed by atoms with Crippen molar-refractivity contribution in [3.63, 3.8) is 0 Å². The Balaban J connectivity index is 2.30. The van der Waals surface area contributed by atoms with Crippen LogP contribution in [0.4, 0.5) is 5.69 Å². The van der Waals surface area contributed by atoms with Gasteiger partial charge in [-0.3, -0.25) is 9.59 Å². The Morgan fingerprint density at radius 1 is 1.35 bits per heavy atom. The standard InChI is InChI=1S/C14H19N3O3/c1-16(2)6-7-17-9-13(18)15-12-5-4-10(20-3)8-11(12)14(17)19/h4-5,8H,6-7,9H2,1-3H3,(H,15,18). The highest BCUT2D eigenvalue weighted by Gasteiger charge is 2.26. The van der Waals surface area contributed by atoms with Crippen LogP contribution < -0.4 is 10.1 Å². The van der Waals surface area contributed by atoms with E-state index in [1.165, 1.54) is 0 Å². The smallest absolute Gasteiger partial charge is 0.256 e. The highest BCUT2D eigenvalue weighted by Crippen LogP contribution is 2.25. The number of amides is 2. The van der Waals surface area contributed by atoms with Gasteiger partial charge in [0.15, 0.2) is 0 Å². The summed E-state index contributed by atoms with van der Waals surface area (Å²) in [5, 5.41) is 2.75. The zero-order chi connectivity index (χ0) is 14.7. The quantitative estimate of drug-likeness (QED) is 0.878. The molecule has 6 heteroatoms. The molecular formula is C14H19N3O3. The first-order chi connectivity index (χ1) is 9.51. The molecule has 0 saturated carbocycles. The molecule has 1 aliphatic heterocycles. The molecule has 0 aromatic heterocycles. The average Bonchev–Trinajstić information content (AvgIpc) is 2.53. The van der Waals surface area contributed by atoms with Crippen LogP contribution in [0.3, 0.4) is 0 Å². The van der Waals surface area contributed by atoms with Crippen molar-refractivity contribution in [2.75, 3.05) is 46.2 Å². The Hall–Kier alpha value is -2.08. The monoisotopic (exact) mass is 277 g/mol. The van der Waals surface area contributed by atoms with Crippen LogP contribution >= 0.6 is 0 Å². The van der Waals surface area contributed by atoms with E-state index in [0.29, 0.717) is 30.1 Å². The number of carbonyl (C=O) groups is 2. The molecule has 1 N–H and O–H groups in total. The molecule has 0 spiro atoms. The summed E-state index contributed by atoms with van der Waals surface area (Å²) in [7, 11) is 5.41. The van der Waals surface area contributed by atoms with E-state index in [1.54, 1.807) is 30.2 Å². The van der Waals surface area contributed by atoms with E-state index in [0.717, 1.165) is 0 Å². The van der Waals surface area contributed by atoms with Crippen LogP contribution in [0.25, 0.3) is 0 Å². The number of anilines is 1. The minimum Gasteiger partial charge on any atom is -0.497 e. The molecule has 20 heavy (non-hydrogen) atoms. The summed E-state index contributed by atoms with van der Waals surface area (Å²) in [6.07, 6.45) is 0. The molecule has 108 valence electrons. The number of fused-ring (bicyclic) bond motifs is 1. The van der Waals surface area contributed by atoms with Gasteiger partial charge >= 0.3 is 0 Å². The lowest BCUT2D eigenvalue weighted by atomic mass is 10.1. The lowest BCUT2D eigenvalue weighted by Gasteiger charge is -2.21. The van der Waals surface area contributed by atoms with Crippen molar-refractivity contribution >= 4 is 17.5 Å². The van der Waals surface area contributed by atoms with Crippen molar-refractivity contribution < 1.29 is 14.3 Å². The molecule has 2 rings (SSSR count). The average molecular weight is 277 g/mol. The number of likely N-dealkylation sites (N-methyl/N-ethyl adjacent to an activating group) is 1. The number of hydrogen-bond acceptors (Lipinski definition) is 4. The summed E-state index contributed by atoms with van der Waals surface area (Å²) >= 11 is 0. The number of benzene rings is 1. The zero-order valence-corrected chi connectivity index (χ0v) is 12.0. The van der Waals surface area contributed by atoms with Gasteiger partial charge in [-0.15, -0.1) is 0 Å². The molecule has 0 saturated heterocycles. The molecule has 0 unspecified atom stereocenters. The largest absolute Gasteiger partial charge is 0.497 e. The molecule has 6 nitrogen and oxygen atoms in total. The number of methoxy groups -OCH3 is 1. The third kappa shape index (κ3) is 3.08. The number of carbonyl (C=O) groups excluding carboxylic acids is 2. The molecule has 1 aliphatic rings. The number of rotatable bonds is 4. The summed E-state index contributed by atoms with van der Waals surface area (Å²) in [6.45, 7) is 1.29. The number of nitrogens with zero attached hydrogens (tertiary/aromatic N) is 2. The normalized spacial score (nSPS) is 14.9. The zero-order valence-electron chi connectivity index (χ0n) is 12.0. The van der Waals surface area contributed by atoms with Crippen molar-refractivity contribution in [3.05, 3.63) is 23.8 Å². The SMILES string of the molecule is COc1ccc2c(c1)C(=O)N(CCN(C)C)CC(=O)N2. The minimum absolute atomic E-state index is 0.0731. The molecule has 0 fully saturated rings. The molecule has 2 amide bonds.